The lowest BCUT2D eigenvalue weighted by molar-refractivity contribution is -0.121. The van der Waals surface area contributed by atoms with E-state index in [9.17, 15) is 14.4 Å². The average Bonchev–Trinajstić information content (AvgIpc) is 2.49. The maximum Gasteiger partial charge on any atom is 0.328 e. The van der Waals surface area contributed by atoms with Crippen molar-refractivity contribution >= 4 is 5.91 Å². The number of aromatic amines is 1. The molecule has 0 saturated carbocycles. The zero-order chi connectivity index (χ0) is 16.8. The molecule has 7 heteroatoms. The number of nitrogens with one attached hydrogen (secondary N) is 2. The zero-order valence-electron chi connectivity index (χ0n) is 13.0. The van der Waals surface area contributed by atoms with Crippen LogP contribution < -0.4 is 21.3 Å². The van der Waals surface area contributed by atoms with Gasteiger partial charge in [-0.25, -0.2) is 4.79 Å². The van der Waals surface area contributed by atoms with E-state index in [4.69, 9.17) is 4.74 Å². The first-order valence-corrected chi connectivity index (χ1v) is 7.26. The number of benzene rings is 1. The fourth-order valence-electron chi connectivity index (χ4n) is 1.94. The molecule has 2 N–H and O–H groups in total. The Kier molecular flexibility index (Phi) is 5.35. The summed E-state index contributed by atoms with van der Waals surface area (Å²) in [6, 6.07) is 8.61. The summed E-state index contributed by atoms with van der Waals surface area (Å²) in [6.07, 6.45) is 1.40. The molecule has 0 spiro atoms. The van der Waals surface area contributed by atoms with Gasteiger partial charge >= 0.3 is 5.69 Å². The Morgan fingerprint density at radius 1 is 1.22 bits per heavy atom. The molecule has 0 aliphatic heterocycles. The minimum absolute atomic E-state index is 0.108. The molecule has 122 valence electrons. The first-order valence-electron chi connectivity index (χ1n) is 7.26. The highest BCUT2D eigenvalue weighted by Gasteiger charge is 2.05. The van der Waals surface area contributed by atoms with Crippen molar-refractivity contribution in [1.29, 1.82) is 0 Å². The predicted octanol–water partition coefficient (Wildman–Crippen LogP) is 0.640. The lowest BCUT2D eigenvalue weighted by Crippen LogP contribution is -2.35. The van der Waals surface area contributed by atoms with Gasteiger partial charge in [-0.15, -0.1) is 0 Å². The molecule has 23 heavy (non-hydrogen) atoms. The molecule has 2 rings (SSSR count). The number of H-pyrrole nitrogens is 1. The van der Waals surface area contributed by atoms with Crippen LogP contribution in [0, 0.1) is 0 Å². The Morgan fingerprint density at radius 2 is 1.91 bits per heavy atom. The van der Waals surface area contributed by atoms with Gasteiger partial charge in [0.05, 0.1) is 6.10 Å². The molecule has 7 nitrogen and oxygen atoms in total. The maximum atomic E-state index is 11.8. The molecule has 1 heterocycles. The average molecular weight is 317 g/mol. The zero-order valence-corrected chi connectivity index (χ0v) is 13.0. The first-order chi connectivity index (χ1) is 10.9. The van der Waals surface area contributed by atoms with E-state index >= 15 is 0 Å². The minimum Gasteiger partial charge on any atom is -0.491 e. The van der Waals surface area contributed by atoms with E-state index in [0.29, 0.717) is 6.54 Å². The summed E-state index contributed by atoms with van der Waals surface area (Å²) in [6.45, 7) is 4.10. The van der Waals surface area contributed by atoms with Crippen molar-refractivity contribution in [2.24, 2.45) is 0 Å². The van der Waals surface area contributed by atoms with Crippen LogP contribution in [0.4, 0.5) is 0 Å². The monoisotopic (exact) mass is 317 g/mol. The molecule has 0 fully saturated rings. The van der Waals surface area contributed by atoms with Crippen LogP contribution in [0.15, 0.2) is 46.1 Å². The third-order valence-electron chi connectivity index (χ3n) is 3.00. The molecular formula is C16H19N3O4. The predicted molar refractivity (Wildman–Crippen MR) is 85.4 cm³/mol. The molecule has 0 bridgehead atoms. The van der Waals surface area contributed by atoms with Crippen molar-refractivity contribution in [3.05, 3.63) is 62.9 Å². The number of rotatable bonds is 6. The highest BCUT2D eigenvalue weighted by Crippen LogP contribution is 2.13. The summed E-state index contributed by atoms with van der Waals surface area (Å²) in [5.41, 5.74) is -0.179. The van der Waals surface area contributed by atoms with Crippen LogP contribution >= 0.6 is 0 Å². The van der Waals surface area contributed by atoms with Gasteiger partial charge in [-0.1, -0.05) is 12.1 Å². The first kappa shape index (κ1) is 16.5. The minimum atomic E-state index is -0.608. The van der Waals surface area contributed by atoms with Gasteiger partial charge in [-0.2, -0.15) is 0 Å². The largest absolute Gasteiger partial charge is 0.491 e. The Labute approximate surface area is 132 Å². The number of amides is 1. The van der Waals surface area contributed by atoms with Crippen LogP contribution in [-0.4, -0.2) is 21.6 Å². The fourth-order valence-corrected chi connectivity index (χ4v) is 1.94. The SMILES string of the molecule is CC(C)Oc1ccc(CNC(=O)Cn2ccc(=O)[nH]c2=O)cc1. The highest BCUT2D eigenvalue weighted by molar-refractivity contribution is 5.75. The summed E-state index contributed by atoms with van der Waals surface area (Å²) in [5.74, 6) is 0.455. The van der Waals surface area contributed by atoms with Crippen molar-refractivity contribution in [1.82, 2.24) is 14.9 Å². The fraction of sp³-hybridized carbons (Fsp3) is 0.312. The lowest BCUT2D eigenvalue weighted by atomic mass is 10.2. The quantitative estimate of drug-likeness (QED) is 0.817. The van der Waals surface area contributed by atoms with Gasteiger partial charge in [0.2, 0.25) is 5.91 Å². The molecule has 1 amide bonds. The van der Waals surface area contributed by atoms with Crippen molar-refractivity contribution < 1.29 is 9.53 Å². The number of hydrogen-bond donors (Lipinski definition) is 2. The summed E-state index contributed by atoms with van der Waals surface area (Å²) >= 11 is 0. The van der Waals surface area contributed by atoms with E-state index in [2.05, 4.69) is 10.3 Å². The second-order valence-corrected chi connectivity index (χ2v) is 5.33. The summed E-state index contributed by atoms with van der Waals surface area (Å²) in [4.78, 5) is 36.4. The van der Waals surface area contributed by atoms with Crippen LogP contribution in [0.25, 0.3) is 0 Å². The number of hydrogen-bond acceptors (Lipinski definition) is 4. The maximum absolute atomic E-state index is 11.8. The van der Waals surface area contributed by atoms with Gasteiger partial charge in [0, 0.05) is 18.8 Å². The third kappa shape index (κ3) is 5.14. The van der Waals surface area contributed by atoms with E-state index < -0.39 is 11.2 Å². The Bertz CT molecular complexity index is 775. The topological polar surface area (TPSA) is 93.2 Å². The van der Waals surface area contributed by atoms with Gasteiger partial charge in [0.15, 0.2) is 0 Å². The number of carbonyl (C=O) groups is 1. The van der Waals surface area contributed by atoms with E-state index in [1.54, 1.807) is 0 Å². The number of nitrogens with zero attached hydrogens (tertiary/aromatic N) is 1. The van der Waals surface area contributed by atoms with Crippen molar-refractivity contribution in [3.8, 4) is 5.75 Å². The molecule has 0 saturated heterocycles. The van der Waals surface area contributed by atoms with Crippen LogP contribution in [0.2, 0.25) is 0 Å². The molecule has 0 aliphatic rings. The van der Waals surface area contributed by atoms with Gasteiger partial charge in [0.1, 0.15) is 12.3 Å². The molecule has 0 radical (unpaired) electrons. The Balaban J connectivity index is 1.89. The smallest absolute Gasteiger partial charge is 0.328 e. The Hall–Kier alpha value is -2.83. The molecule has 0 unspecified atom stereocenters. The lowest BCUT2D eigenvalue weighted by Gasteiger charge is -2.10. The standard InChI is InChI=1S/C16H19N3O4/c1-11(2)23-13-5-3-12(4-6-13)9-17-15(21)10-19-8-7-14(20)18-16(19)22/h3-8,11H,9-10H2,1-2H3,(H,17,21)(H,18,20,22). The highest BCUT2D eigenvalue weighted by atomic mass is 16.5. The molecule has 2 aromatic rings. The molecule has 0 atom stereocenters. The summed E-state index contributed by atoms with van der Waals surface area (Å²) < 4.78 is 6.68. The van der Waals surface area contributed by atoms with Crippen molar-refractivity contribution in [2.75, 3.05) is 0 Å². The number of aromatic nitrogens is 2. The van der Waals surface area contributed by atoms with Gasteiger partial charge in [-0.05, 0) is 31.5 Å². The van der Waals surface area contributed by atoms with Crippen LogP contribution in [0.3, 0.4) is 0 Å². The van der Waals surface area contributed by atoms with E-state index in [0.717, 1.165) is 15.9 Å². The molecule has 1 aromatic heterocycles. The third-order valence-corrected chi connectivity index (χ3v) is 3.00. The van der Waals surface area contributed by atoms with Gasteiger partial charge < -0.3 is 10.1 Å². The van der Waals surface area contributed by atoms with E-state index in [1.807, 2.05) is 38.1 Å². The number of ether oxygens (including phenoxy) is 1. The van der Waals surface area contributed by atoms with Crippen LogP contribution in [-0.2, 0) is 17.9 Å². The van der Waals surface area contributed by atoms with Gasteiger partial charge in [-0.3, -0.25) is 19.1 Å². The van der Waals surface area contributed by atoms with Gasteiger partial charge in [0.25, 0.3) is 5.56 Å². The molecular weight excluding hydrogens is 298 g/mol. The van der Waals surface area contributed by atoms with Crippen molar-refractivity contribution in [2.45, 2.75) is 33.0 Å². The summed E-state index contributed by atoms with van der Waals surface area (Å²) in [5, 5.41) is 2.72. The second kappa shape index (κ2) is 7.44. The Morgan fingerprint density at radius 3 is 2.52 bits per heavy atom. The van der Waals surface area contributed by atoms with E-state index in [1.165, 1.54) is 12.3 Å². The summed E-state index contributed by atoms with van der Waals surface area (Å²) in [7, 11) is 0. The normalized spacial score (nSPS) is 10.6. The van der Waals surface area contributed by atoms with Crippen molar-refractivity contribution in [3.63, 3.8) is 0 Å². The van der Waals surface area contributed by atoms with E-state index in [-0.39, 0.29) is 18.6 Å². The molecule has 0 aliphatic carbocycles. The number of carbonyl (C=O) groups excluding carboxylic acids is 1. The molecule has 1 aromatic carbocycles. The van der Waals surface area contributed by atoms with Crippen LogP contribution in [0.5, 0.6) is 5.75 Å². The second-order valence-electron chi connectivity index (χ2n) is 5.33. The van der Waals surface area contributed by atoms with Crippen LogP contribution in [0.1, 0.15) is 19.4 Å².